The van der Waals surface area contributed by atoms with Crippen LogP contribution in [-0.4, -0.2) is 24.0 Å². The minimum atomic E-state index is 0.794. The van der Waals surface area contributed by atoms with E-state index in [1.54, 1.807) is 11.3 Å². The first-order valence-electron chi connectivity index (χ1n) is 6.45. The number of benzene rings is 1. The van der Waals surface area contributed by atoms with Gasteiger partial charge in [0.25, 0.3) is 0 Å². The maximum absolute atomic E-state index is 9.08. The molecule has 0 spiro atoms. The van der Waals surface area contributed by atoms with E-state index in [1.807, 2.05) is 18.2 Å². The third-order valence-electron chi connectivity index (χ3n) is 3.55. The van der Waals surface area contributed by atoms with E-state index in [9.17, 15) is 0 Å². The predicted octanol–water partition coefficient (Wildman–Crippen LogP) is 3.38. The van der Waals surface area contributed by atoms with Crippen LogP contribution >= 0.6 is 11.3 Å². The second kappa shape index (κ2) is 5.45. The highest BCUT2D eigenvalue weighted by atomic mass is 32.1. The molecule has 0 radical (unpaired) electrons. The average Bonchev–Trinajstić information content (AvgIpc) is 2.98. The molecule has 3 rings (SSSR count). The number of anilines is 1. The monoisotopic (exact) mass is 272 g/mol. The van der Waals surface area contributed by atoms with Crippen molar-refractivity contribution in [3.8, 4) is 0 Å². The quantitative estimate of drug-likeness (QED) is 0.687. The van der Waals surface area contributed by atoms with Crippen LogP contribution in [-0.2, 0) is 6.42 Å². The maximum Gasteiger partial charge on any atom is 0.0906 e. The Hall–Kier alpha value is -1.81. The van der Waals surface area contributed by atoms with Crippen molar-refractivity contribution in [3.63, 3.8) is 0 Å². The van der Waals surface area contributed by atoms with Crippen LogP contribution in [0.2, 0.25) is 0 Å². The number of hydrogen-bond donors (Lipinski definition) is 1. The first-order valence-corrected chi connectivity index (χ1v) is 7.39. The Morgan fingerprint density at radius 2 is 2.16 bits per heavy atom. The SMILES string of the molecule is ON=C1CCN(CCc2ccsc2)c2ccccc21. The molecule has 0 saturated heterocycles. The van der Waals surface area contributed by atoms with Gasteiger partial charge in [-0.15, -0.1) is 0 Å². The molecule has 0 amide bonds. The fourth-order valence-corrected chi connectivity index (χ4v) is 3.23. The molecule has 0 bridgehead atoms. The molecule has 0 unspecified atom stereocenters. The first kappa shape index (κ1) is 12.2. The zero-order valence-electron chi connectivity index (χ0n) is 10.6. The van der Waals surface area contributed by atoms with Crippen molar-refractivity contribution < 1.29 is 5.21 Å². The third kappa shape index (κ3) is 2.49. The maximum atomic E-state index is 9.08. The van der Waals surface area contributed by atoms with Crippen molar-refractivity contribution in [3.05, 3.63) is 52.2 Å². The lowest BCUT2D eigenvalue weighted by Gasteiger charge is -2.31. The van der Waals surface area contributed by atoms with Crippen molar-refractivity contribution in [2.24, 2.45) is 5.16 Å². The molecular formula is C15H16N2OS. The molecule has 1 aromatic carbocycles. The van der Waals surface area contributed by atoms with Crippen LogP contribution in [0.15, 0.2) is 46.2 Å². The molecule has 0 fully saturated rings. The molecule has 1 N–H and O–H groups in total. The van der Waals surface area contributed by atoms with Crippen LogP contribution < -0.4 is 4.90 Å². The number of oxime groups is 1. The summed E-state index contributed by atoms with van der Waals surface area (Å²) in [7, 11) is 0. The van der Waals surface area contributed by atoms with Crippen LogP contribution in [0.3, 0.4) is 0 Å². The summed E-state index contributed by atoms with van der Waals surface area (Å²) >= 11 is 1.75. The molecule has 2 heterocycles. The molecular weight excluding hydrogens is 256 g/mol. The highest BCUT2D eigenvalue weighted by molar-refractivity contribution is 7.07. The van der Waals surface area contributed by atoms with Gasteiger partial charge < -0.3 is 10.1 Å². The van der Waals surface area contributed by atoms with Crippen LogP contribution in [0.25, 0.3) is 0 Å². The van der Waals surface area contributed by atoms with Gasteiger partial charge in [0.1, 0.15) is 0 Å². The molecule has 1 aromatic heterocycles. The number of fused-ring (bicyclic) bond motifs is 1. The second-order valence-corrected chi connectivity index (χ2v) is 5.46. The van der Waals surface area contributed by atoms with E-state index >= 15 is 0 Å². The molecule has 0 aliphatic carbocycles. The van der Waals surface area contributed by atoms with E-state index in [0.29, 0.717) is 0 Å². The van der Waals surface area contributed by atoms with E-state index in [4.69, 9.17) is 5.21 Å². The minimum absolute atomic E-state index is 0.794. The zero-order valence-corrected chi connectivity index (χ0v) is 11.4. The Labute approximate surface area is 116 Å². The van der Waals surface area contributed by atoms with Gasteiger partial charge in [-0.1, -0.05) is 23.4 Å². The van der Waals surface area contributed by atoms with Crippen LogP contribution in [0.4, 0.5) is 5.69 Å². The molecule has 4 heteroatoms. The van der Waals surface area contributed by atoms with Crippen LogP contribution in [0.5, 0.6) is 0 Å². The third-order valence-corrected chi connectivity index (χ3v) is 4.28. The van der Waals surface area contributed by atoms with Gasteiger partial charge in [0, 0.05) is 30.8 Å². The Morgan fingerprint density at radius 1 is 1.26 bits per heavy atom. The standard InChI is InChI=1S/C15H16N2OS/c18-16-14-6-9-17(8-5-12-7-10-19-11-12)15-4-2-1-3-13(14)15/h1-4,7,10-11,18H,5-6,8-9H2. The van der Waals surface area contributed by atoms with E-state index < -0.39 is 0 Å². The number of hydrogen-bond acceptors (Lipinski definition) is 4. The molecule has 2 aromatic rings. The summed E-state index contributed by atoms with van der Waals surface area (Å²) in [6.45, 7) is 1.92. The van der Waals surface area contributed by atoms with Gasteiger partial charge >= 0.3 is 0 Å². The van der Waals surface area contributed by atoms with Gasteiger partial charge in [-0.05, 0) is 34.9 Å². The fraction of sp³-hybridized carbons (Fsp3) is 0.267. The Balaban J connectivity index is 1.80. The topological polar surface area (TPSA) is 35.8 Å². The van der Waals surface area contributed by atoms with Crippen molar-refractivity contribution in [2.45, 2.75) is 12.8 Å². The Kier molecular flexibility index (Phi) is 3.51. The van der Waals surface area contributed by atoms with Gasteiger partial charge in [0.2, 0.25) is 0 Å². The molecule has 0 atom stereocenters. The lowest BCUT2D eigenvalue weighted by Crippen LogP contribution is -2.33. The molecule has 1 aliphatic heterocycles. The normalized spacial score (nSPS) is 16.6. The Morgan fingerprint density at radius 3 is 2.95 bits per heavy atom. The van der Waals surface area contributed by atoms with Gasteiger partial charge in [-0.2, -0.15) is 11.3 Å². The summed E-state index contributed by atoms with van der Waals surface area (Å²) in [6.07, 6.45) is 1.86. The number of para-hydroxylation sites is 1. The summed E-state index contributed by atoms with van der Waals surface area (Å²) in [5.41, 5.74) is 4.42. The van der Waals surface area contributed by atoms with E-state index in [1.165, 1.54) is 11.3 Å². The zero-order chi connectivity index (χ0) is 13.1. The second-order valence-electron chi connectivity index (χ2n) is 4.68. The largest absolute Gasteiger partial charge is 0.411 e. The smallest absolute Gasteiger partial charge is 0.0906 e. The van der Waals surface area contributed by atoms with E-state index in [2.05, 4.69) is 32.9 Å². The van der Waals surface area contributed by atoms with Crippen LogP contribution in [0, 0.1) is 0 Å². The van der Waals surface area contributed by atoms with Crippen LogP contribution in [0.1, 0.15) is 17.5 Å². The van der Waals surface area contributed by atoms with Gasteiger partial charge in [0.05, 0.1) is 5.71 Å². The van der Waals surface area contributed by atoms with Crippen molar-refractivity contribution in [1.82, 2.24) is 0 Å². The van der Waals surface area contributed by atoms with Crippen molar-refractivity contribution in [1.29, 1.82) is 0 Å². The van der Waals surface area contributed by atoms with E-state index in [-0.39, 0.29) is 0 Å². The number of thiophene rings is 1. The summed E-state index contributed by atoms with van der Waals surface area (Å²) < 4.78 is 0. The van der Waals surface area contributed by atoms with Gasteiger partial charge in [-0.3, -0.25) is 0 Å². The highest BCUT2D eigenvalue weighted by Gasteiger charge is 2.21. The molecule has 19 heavy (non-hydrogen) atoms. The van der Waals surface area contributed by atoms with E-state index in [0.717, 1.165) is 37.2 Å². The summed E-state index contributed by atoms with van der Waals surface area (Å²) in [5, 5.41) is 16.8. The first-order chi connectivity index (χ1) is 9.38. The molecule has 0 saturated carbocycles. The average molecular weight is 272 g/mol. The van der Waals surface area contributed by atoms with Gasteiger partial charge in [0.15, 0.2) is 0 Å². The van der Waals surface area contributed by atoms with Crippen molar-refractivity contribution >= 4 is 22.7 Å². The minimum Gasteiger partial charge on any atom is -0.411 e. The molecule has 98 valence electrons. The summed E-state index contributed by atoms with van der Waals surface area (Å²) in [6, 6.07) is 10.3. The highest BCUT2D eigenvalue weighted by Crippen LogP contribution is 2.27. The molecule has 1 aliphatic rings. The summed E-state index contributed by atoms with van der Waals surface area (Å²) in [5.74, 6) is 0. The lowest BCUT2D eigenvalue weighted by molar-refractivity contribution is 0.318. The Bertz CT molecular complexity index is 578. The number of rotatable bonds is 3. The van der Waals surface area contributed by atoms with Crippen molar-refractivity contribution in [2.75, 3.05) is 18.0 Å². The lowest BCUT2D eigenvalue weighted by atomic mass is 9.99. The fourth-order valence-electron chi connectivity index (χ4n) is 2.52. The van der Waals surface area contributed by atoms with Gasteiger partial charge in [-0.25, -0.2) is 0 Å². The number of nitrogens with zero attached hydrogens (tertiary/aromatic N) is 2. The predicted molar refractivity (Wildman–Crippen MR) is 79.6 cm³/mol. The molecule has 3 nitrogen and oxygen atoms in total. The summed E-state index contributed by atoms with van der Waals surface area (Å²) in [4.78, 5) is 2.38.